The van der Waals surface area contributed by atoms with Crippen LogP contribution in [-0.2, 0) is 10.1 Å². The predicted octanol–water partition coefficient (Wildman–Crippen LogP) is 0.578. The van der Waals surface area contributed by atoms with Gasteiger partial charge in [0, 0.05) is 0 Å². The number of hydrogen-bond donors (Lipinski definition) is 0. The van der Waals surface area contributed by atoms with E-state index in [4.69, 9.17) is 4.74 Å². The van der Waals surface area contributed by atoms with Crippen LogP contribution >= 0.6 is 0 Å². The summed E-state index contributed by atoms with van der Waals surface area (Å²) in [5.74, 6) is 0.741. The van der Waals surface area contributed by atoms with E-state index in [1.807, 2.05) is 13.8 Å². The molecule has 21 heavy (non-hydrogen) atoms. The van der Waals surface area contributed by atoms with Crippen LogP contribution in [0.15, 0.2) is 29.2 Å². The maximum Gasteiger partial charge on any atom is 1.00 e. The summed E-state index contributed by atoms with van der Waals surface area (Å²) in [7, 11) is -4.45. The minimum Gasteiger partial charge on any atom is -0.744 e. The fourth-order valence-electron chi connectivity index (χ4n) is 1.96. The number of ether oxygens (including phenoxy) is 1. The molecule has 0 heterocycles. The molecule has 1 unspecified atom stereocenters. The smallest absolute Gasteiger partial charge is 0.744 e. The Balaban J connectivity index is 0.00000400. The van der Waals surface area contributed by atoms with Crippen molar-refractivity contribution in [2.24, 2.45) is 5.92 Å². The van der Waals surface area contributed by atoms with E-state index in [2.05, 4.69) is 13.8 Å². The van der Waals surface area contributed by atoms with Crippen molar-refractivity contribution < 1.29 is 47.3 Å². The molecule has 0 N–H and O–H groups in total. The molecule has 0 aliphatic rings. The second-order valence-electron chi connectivity index (χ2n) is 5.68. The molecular weight excluding hydrogens is 299 g/mol. The van der Waals surface area contributed by atoms with Gasteiger partial charge in [0.15, 0.2) is 0 Å². The number of hydrogen-bond acceptors (Lipinski definition) is 4. The summed E-state index contributed by atoms with van der Waals surface area (Å²) in [6.07, 6.45) is 3.30. The third-order valence-electron chi connectivity index (χ3n) is 3.65. The van der Waals surface area contributed by atoms with Gasteiger partial charge < -0.3 is 9.29 Å². The Labute approximate surface area is 150 Å². The van der Waals surface area contributed by atoms with E-state index in [1.54, 1.807) is 6.07 Å². The van der Waals surface area contributed by atoms with Gasteiger partial charge in [-0.3, -0.25) is 0 Å². The normalized spacial score (nSPS) is 13.4. The first-order valence-electron chi connectivity index (χ1n) is 6.92. The maximum absolute atomic E-state index is 11.0. The molecule has 0 aliphatic heterocycles. The maximum atomic E-state index is 11.0. The van der Waals surface area contributed by atoms with Gasteiger partial charge in [0.2, 0.25) is 0 Å². The third kappa shape index (κ3) is 6.70. The zero-order valence-electron chi connectivity index (χ0n) is 13.5. The van der Waals surface area contributed by atoms with Crippen LogP contribution in [0.25, 0.3) is 0 Å². The molecule has 0 bridgehead atoms. The Morgan fingerprint density at radius 3 is 2.48 bits per heavy atom. The molecule has 0 aromatic heterocycles. The van der Waals surface area contributed by atoms with Gasteiger partial charge in [-0.25, -0.2) is 8.42 Å². The van der Waals surface area contributed by atoms with E-state index in [9.17, 15) is 13.0 Å². The number of unbranched alkanes of at least 4 members (excludes halogenated alkanes) is 1. The quantitative estimate of drug-likeness (QED) is 0.544. The molecule has 0 amide bonds. The summed E-state index contributed by atoms with van der Waals surface area (Å²) in [5, 5.41) is 0. The fraction of sp³-hybridized carbons (Fsp3) is 0.600. The van der Waals surface area contributed by atoms with Gasteiger partial charge in [0.1, 0.15) is 21.5 Å². The van der Waals surface area contributed by atoms with E-state index < -0.39 is 15.7 Å². The average molecular weight is 322 g/mol. The molecule has 4 nitrogen and oxygen atoms in total. The minimum atomic E-state index is -4.45. The van der Waals surface area contributed by atoms with E-state index in [0.717, 1.165) is 19.3 Å². The Bertz CT molecular complexity index is 540. The zero-order chi connectivity index (χ0) is 15.4. The second kappa shape index (κ2) is 8.53. The second-order valence-corrected chi connectivity index (χ2v) is 7.06. The number of benzene rings is 1. The summed E-state index contributed by atoms with van der Waals surface area (Å²) in [6.45, 7) is 8.21. The summed E-state index contributed by atoms with van der Waals surface area (Å²) in [5.41, 5.74) is -0.416. The van der Waals surface area contributed by atoms with Crippen LogP contribution < -0.4 is 34.3 Å². The van der Waals surface area contributed by atoms with Crippen molar-refractivity contribution >= 4 is 10.1 Å². The van der Waals surface area contributed by atoms with Crippen LogP contribution in [0.1, 0.15) is 47.0 Å². The molecule has 6 heteroatoms. The molecule has 0 aliphatic carbocycles. The minimum absolute atomic E-state index is 0. The molecule has 0 fully saturated rings. The Morgan fingerprint density at radius 1 is 1.33 bits per heavy atom. The first kappa shape index (κ1) is 20.9. The van der Waals surface area contributed by atoms with Gasteiger partial charge in [-0.1, -0.05) is 32.8 Å². The molecule has 1 aromatic carbocycles. The van der Waals surface area contributed by atoms with Crippen molar-refractivity contribution in [2.45, 2.75) is 57.5 Å². The van der Waals surface area contributed by atoms with Crippen LogP contribution in [-0.4, -0.2) is 18.6 Å². The summed E-state index contributed by atoms with van der Waals surface area (Å²) < 4.78 is 38.9. The number of rotatable bonds is 7. The summed E-state index contributed by atoms with van der Waals surface area (Å²) in [4.78, 5) is -0.257. The largest absolute Gasteiger partial charge is 1.00 e. The first-order valence-corrected chi connectivity index (χ1v) is 8.32. The van der Waals surface area contributed by atoms with E-state index in [-0.39, 0.29) is 34.5 Å². The zero-order valence-corrected chi connectivity index (χ0v) is 16.4. The first-order chi connectivity index (χ1) is 9.16. The van der Waals surface area contributed by atoms with Gasteiger partial charge in [0.05, 0.1) is 4.90 Å². The van der Waals surface area contributed by atoms with E-state index >= 15 is 0 Å². The molecule has 1 aromatic rings. The average Bonchev–Trinajstić information content (AvgIpc) is 2.34. The van der Waals surface area contributed by atoms with Gasteiger partial charge in [0.25, 0.3) is 0 Å². The van der Waals surface area contributed by atoms with Crippen LogP contribution in [0.5, 0.6) is 5.75 Å². The molecule has 0 saturated heterocycles. The molecule has 0 saturated carbocycles. The van der Waals surface area contributed by atoms with Gasteiger partial charge in [-0.05, 0) is 44.4 Å². The van der Waals surface area contributed by atoms with E-state index in [1.165, 1.54) is 18.2 Å². The van der Waals surface area contributed by atoms with Gasteiger partial charge in [-0.15, -0.1) is 0 Å². The van der Waals surface area contributed by atoms with Crippen molar-refractivity contribution in [1.29, 1.82) is 0 Å². The van der Waals surface area contributed by atoms with Crippen molar-refractivity contribution in [3.05, 3.63) is 24.3 Å². The van der Waals surface area contributed by atoms with Crippen LogP contribution in [0.3, 0.4) is 0 Å². The van der Waals surface area contributed by atoms with E-state index in [0.29, 0.717) is 11.7 Å². The van der Waals surface area contributed by atoms with Gasteiger partial charge >= 0.3 is 29.6 Å². The predicted molar refractivity (Wildman–Crippen MR) is 77.8 cm³/mol. The SMILES string of the molecule is CCCCC(C)C(C)(C)Oc1cccc(S(=O)(=O)[O-])c1.[Na+]. The Hall–Kier alpha value is -0.0700. The van der Waals surface area contributed by atoms with Crippen molar-refractivity contribution in [3.8, 4) is 5.75 Å². The van der Waals surface area contributed by atoms with Crippen molar-refractivity contribution in [2.75, 3.05) is 0 Å². The molecule has 1 atom stereocenters. The van der Waals surface area contributed by atoms with Crippen molar-refractivity contribution in [1.82, 2.24) is 0 Å². The van der Waals surface area contributed by atoms with Crippen LogP contribution in [0, 0.1) is 5.92 Å². The molecule has 1 rings (SSSR count). The van der Waals surface area contributed by atoms with Gasteiger partial charge in [-0.2, -0.15) is 0 Å². The van der Waals surface area contributed by atoms with Crippen molar-refractivity contribution in [3.63, 3.8) is 0 Å². The Kier molecular flexibility index (Phi) is 8.50. The fourth-order valence-corrected chi connectivity index (χ4v) is 2.46. The van der Waals surface area contributed by atoms with Crippen LogP contribution in [0.2, 0.25) is 0 Å². The third-order valence-corrected chi connectivity index (χ3v) is 4.48. The standard InChI is InChI=1S/C15H24O4S.Na/c1-5-6-8-12(2)15(3,4)19-13-9-7-10-14(11-13)20(16,17)18;/h7,9-12H,5-6,8H2,1-4H3,(H,16,17,18);/q;+1/p-1. The molecule has 114 valence electrons. The molecular formula is C15H23NaO4S. The molecule has 0 spiro atoms. The Morgan fingerprint density at radius 2 is 1.95 bits per heavy atom. The molecule has 0 radical (unpaired) electrons. The summed E-state index contributed by atoms with van der Waals surface area (Å²) in [6, 6.07) is 5.76. The monoisotopic (exact) mass is 322 g/mol. The van der Waals surface area contributed by atoms with Crippen LogP contribution in [0.4, 0.5) is 0 Å². The topological polar surface area (TPSA) is 66.4 Å². The summed E-state index contributed by atoms with van der Waals surface area (Å²) >= 11 is 0.